The van der Waals surface area contributed by atoms with E-state index in [1.54, 1.807) is 0 Å². The van der Waals surface area contributed by atoms with Crippen LogP contribution in [0.25, 0.3) is 0 Å². The van der Waals surface area contributed by atoms with Gasteiger partial charge in [-0.3, -0.25) is 0 Å². The summed E-state index contributed by atoms with van der Waals surface area (Å²) < 4.78 is 5.51. The quantitative estimate of drug-likeness (QED) is 0.806. The molecular formula is C13H20ClNO. The molecule has 0 unspecified atom stereocenters. The number of anilines is 1. The van der Waals surface area contributed by atoms with Crippen LogP contribution in [-0.2, 0) is 0 Å². The molecule has 3 heteroatoms. The molecule has 1 rings (SSSR count). The molecule has 1 N–H and O–H groups in total. The van der Waals surface area contributed by atoms with E-state index in [0.29, 0.717) is 17.5 Å². The summed E-state index contributed by atoms with van der Waals surface area (Å²) in [5, 5.41) is 4.00. The fourth-order valence-electron chi connectivity index (χ4n) is 1.26. The van der Waals surface area contributed by atoms with Crippen LogP contribution in [0.5, 0.6) is 5.75 Å². The Morgan fingerprint density at radius 1 is 1.38 bits per heavy atom. The lowest BCUT2D eigenvalue weighted by Gasteiger charge is -2.11. The second-order valence-electron chi connectivity index (χ2n) is 4.27. The van der Waals surface area contributed by atoms with Crippen LogP contribution < -0.4 is 10.1 Å². The van der Waals surface area contributed by atoms with Gasteiger partial charge >= 0.3 is 0 Å². The predicted octanol–water partition coefficient (Wildman–Crippen LogP) is 4.20. The molecule has 0 heterocycles. The molecule has 0 bridgehead atoms. The summed E-state index contributed by atoms with van der Waals surface area (Å²) in [7, 11) is 0. The van der Waals surface area contributed by atoms with Crippen LogP contribution in [0.15, 0.2) is 18.2 Å². The van der Waals surface area contributed by atoms with Crippen molar-refractivity contribution in [2.24, 2.45) is 5.92 Å². The minimum Gasteiger partial charge on any atom is -0.492 e. The first-order valence-electron chi connectivity index (χ1n) is 5.79. The van der Waals surface area contributed by atoms with Crippen molar-refractivity contribution in [2.45, 2.75) is 27.2 Å². The van der Waals surface area contributed by atoms with Gasteiger partial charge in [0, 0.05) is 12.2 Å². The normalized spacial score (nSPS) is 10.6. The zero-order valence-electron chi connectivity index (χ0n) is 10.2. The molecule has 0 saturated heterocycles. The van der Waals surface area contributed by atoms with E-state index in [9.17, 15) is 0 Å². The highest BCUT2D eigenvalue weighted by Crippen LogP contribution is 2.27. The molecule has 1 aromatic rings. The standard InChI is InChI=1S/C13H20ClNO/c1-4-7-16-13-6-5-11(8-12(13)14)15-9-10(2)3/h5-6,8,10,15H,4,7,9H2,1-3H3. The van der Waals surface area contributed by atoms with E-state index in [4.69, 9.17) is 16.3 Å². The lowest BCUT2D eigenvalue weighted by Crippen LogP contribution is -2.07. The van der Waals surface area contributed by atoms with Gasteiger partial charge in [0.25, 0.3) is 0 Å². The summed E-state index contributed by atoms with van der Waals surface area (Å²) in [6.45, 7) is 8.08. The van der Waals surface area contributed by atoms with Gasteiger partial charge in [0.1, 0.15) is 5.75 Å². The van der Waals surface area contributed by atoms with Gasteiger partial charge < -0.3 is 10.1 Å². The highest BCUT2D eigenvalue weighted by Gasteiger charge is 2.03. The molecule has 0 aliphatic carbocycles. The van der Waals surface area contributed by atoms with E-state index < -0.39 is 0 Å². The van der Waals surface area contributed by atoms with Crippen LogP contribution in [0.3, 0.4) is 0 Å². The van der Waals surface area contributed by atoms with E-state index in [2.05, 4.69) is 26.1 Å². The maximum absolute atomic E-state index is 6.12. The van der Waals surface area contributed by atoms with Crippen LogP contribution in [0, 0.1) is 5.92 Å². The first-order valence-corrected chi connectivity index (χ1v) is 6.17. The Kier molecular flexibility index (Phi) is 5.47. The van der Waals surface area contributed by atoms with Gasteiger partial charge in [-0.15, -0.1) is 0 Å². The molecule has 90 valence electrons. The topological polar surface area (TPSA) is 21.3 Å². The summed E-state index contributed by atoms with van der Waals surface area (Å²) in [4.78, 5) is 0. The van der Waals surface area contributed by atoms with E-state index in [1.807, 2.05) is 18.2 Å². The highest BCUT2D eigenvalue weighted by atomic mass is 35.5. The Morgan fingerprint density at radius 3 is 2.69 bits per heavy atom. The van der Waals surface area contributed by atoms with Gasteiger partial charge in [0.15, 0.2) is 0 Å². The van der Waals surface area contributed by atoms with Gasteiger partial charge in [-0.2, -0.15) is 0 Å². The largest absolute Gasteiger partial charge is 0.492 e. The number of rotatable bonds is 6. The molecule has 0 aliphatic rings. The SMILES string of the molecule is CCCOc1ccc(NCC(C)C)cc1Cl. The monoisotopic (exact) mass is 241 g/mol. The summed E-state index contributed by atoms with van der Waals surface area (Å²) in [5.74, 6) is 1.38. The van der Waals surface area contributed by atoms with Crippen molar-refractivity contribution in [3.05, 3.63) is 23.2 Å². The van der Waals surface area contributed by atoms with E-state index in [1.165, 1.54) is 0 Å². The number of hydrogen-bond donors (Lipinski definition) is 1. The Labute approximate surface area is 103 Å². The minimum absolute atomic E-state index is 0.620. The second kappa shape index (κ2) is 6.64. The van der Waals surface area contributed by atoms with Crippen molar-refractivity contribution < 1.29 is 4.74 Å². The molecule has 0 atom stereocenters. The number of ether oxygens (including phenoxy) is 1. The molecule has 2 nitrogen and oxygen atoms in total. The lowest BCUT2D eigenvalue weighted by molar-refractivity contribution is 0.317. The number of benzene rings is 1. The van der Waals surface area contributed by atoms with Crippen molar-refractivity contribution in [3.8, 4) is 5.75 Å². The van der Waals surface area contributed by atoms with Gasteiger partial charge in [0.2, 0.25) is 0 Å². The maximum atomic E-state index is 6.12. The molecule has 0 spiro atoms. The second-order valence-corrected chi connectivity index (χ2v) is 4.68. The Balaban J connectivity index is 2.59. The molecule has 0 aromatic heterocycles. The summed E-state index contributed by atoms with van der Waals surface area (Å²) in [6.07, 6.45) is 0.990. The molecule has 0 amide bonds. The first-order chi connectivity index (χ1) is 7.63. The van der Waals surface area contributed by atoms with Crippen molar-refractivity contribution in [1.29, 1.82) is 0 Å². The third kappa shape index (κ3) is 4.31. The number of hydrogen-bond acceptors (Lipinski definition) is 2. The van der Waals surface area contributed by atoms with E-state index in [-0.39, 0.29) is 0 Å². The van der Waals surface area contributed by atoms with E-state index in [0.717, 1.165) is 24.4 Å². The van der Waals surface area contributed by atoms with Gasteiger partial charge in [0.05, 0.1) is 11.6 Å². The van der Waals surface area contributed by atoms with Gasteiger partial charge in [-0.1, -0.05) is 32.4 Å². The zero-order chi connectivity index (χ0) is 12.0. The summed E-state index contributed by atoms with van der Waals surface area (Å²) in [6, 6.07) is 5.83. The average Bonchev–Trinajstić information content (AvgIpc) is 2.25. The van der Waals surface area contributed by atoms with Crippen LogP contribution in [0.2, 0.25) is 5.02 Å². The first kappa shape index (κ1) is 13.2. The minimum atomic E-state index is 0.620. The van der Waals surface area contributed by atoms with Crippen LogP contribution in [0.4, 0.5) is 5.69 Å². The smallest absolute Gasteiger partial charge is 0.138 e. The zero-order valence-corrected chi connectivity index (χ0v) is 11.0. The maximum Gasteiger partial charge on any atom is 0.138 e. The number of halogens is 1. The van der Waals surface area contributed by atoms with Crippen molar-refractivity contribution in [3.63, 3.8) is 0 Å². The molecule has 16 heavy (non-hydrogen) atoms. The lowest BCUT2D eigenvalue weighted by atomic mass is 10.2. The van der Waals surface area contributed by atoms with Crippen molar-refractivity contribution in [2.75, 3.05) is 18.5 Å². The predicted molar refractivity (Wildman–Crippen MR) is 70.6 cm³/mol. The van der Waals surface area contributed by atoms with Crippen molar-refractivity contribution >= 4 is 17.3 Å². The van der Waals surface area contributed by atoms with Crippen LogP contribution >= 0.6 is 11.6 Å². The molecule has 1 aromatic carbocycles. The average molecular weight is 242 g/mol. The fraction of sp³-hybridized carbons (Fsp3) is 0.538. The Bertz CT molecular complexity index is 326. The summed E-state index contributed by atoms with van der Waals surface area (Å²) in [5.41, 5.74) is 1.04. The number of nitrogens with one attached hydrogen (secondary N) is 1. The van der Waals surface area contributed by atoms with Gasteiger partial charge in [-0.25, -0.2) is 0 Å². The third-order valence-corrected chi connectivity index (χ3v) is 2.40. The van der Waals surface area contributed by atoms with E-state index >= 15 is 0 Å². The summed E-state index contributed by atoms with van der Waals surface area (Å²) >= 11 is 6.12. The molecule has 0 fully saturated rings. The van der Waals surface area contributed by atoms with Crippen molar-refractivity contribution in [1.82, 2.24) is 0 Å². The molecule has 0 radical (unpaired) electrons. The molecule has 0 aliphatic heterocycles. The molecule has 0 saturated carbocycles. The fourth-order valence-corrected chi connectivity index (χ4v) is 1.50. The Morgan fingerprint density at radius 2 is 2.12 bits per heavy atom. The third-order valence-electron chi connectivity index (χ3n) is 2.11. The van der Waals surface area contributed by atoms with Gasteiger partial charge in [-0.05, 0) is 30.5 Å². The Hall–Kier alpha value is -0.890. The highest BCUT2D eigenvalue weighted by molar-refractivity contribution is 6.32. The van der Waals surface area contributed by atoms with Crippen LogP contribution in [0.1, 0.15) is 27.2 Å². The van der Waals surface area contributed by atoms with Crippen LogP contribution in [-0.4, -0.2) is 13.2 Å². The molecular weight excluding hydrogens is 222 g/mol.